The van der Waals surface area contributed by atoms with Gasteiger partial charge in [-0.15, -0.1) is 0 Å². The molecule has 0 rings (SSSR count). The summed E-state index contributed by atoms with van der Waals surface area (Å²) in [7, 11) is -0.0850. The first-order valence-electron chi connectivity index (χ1n) is 7.12. The highest BCUT2D eigenvalue weighted by molar-refractivity contribution is 7.85. The van der Waals surface area contributed by atoms with Crippen LogP contribution in [0.3, 0.4) is 0 Å². The van der Waals surface area contributed by atoms with E-state index in [-0.39, 0.29) is 11.7 Å². The third kappa shape index (κ3) is 12.5. The normalized spacial score (nSPS) is 12.2. The molecule has 0 aliphatic carbocycles. The van der Waals surface area contributed by atoms with Crippen LogP contribution in [0.1, 0.15) is 32.6 Å². The van der Waals surface area contributed by atoms with Crippen LogP contribution in [0.5, 0.6) is 0 Å². The first kappa shape index (κ1) is 20.1. The zero-order valence-electron chi connectivity index (χ0n) is 13.3. The largest absolute Gasteiger partial charge is 0.748 e. The lowest BCUT2D eigenvalue weighted by Crippen LogP contribution is -2.41. The minimum absolute atomic E-state index is 0.300. The van der Waals surface area contributed by atoms with E-state index in [1.54, 1.807) is 6.92 Å². The molecule has 0 amide bonds. The van der Waals surface area contributed by atoms with Crippen LogP contribution in [0, 0.1) is 0 Å². The molecule has 0 fully saturated rings. The zero-order chi connectivity index (χ0) is 16.5. The number of esters is 1. The lowest BCUT2D eigenvalue weighted by Gasteiger charge is -2.30. The molecule has 0 aliphatic heterocycles. The smallest absolute Gasteiger partial charge is 0.333 e. The van der Waals surface area contributed by atoms with Gasteiger partial charge in [0.2, 0.25) is 0 Å². The van der Waals surface area contributed by atoms with Crippen molar-refractivity contribution in [2.24, 2.45) is 0 Å². The van der Waals surface area contributed by atoms with Gasteiger partial charge in [-0.3, -0.25) is 0 Å². The third-order valence-corrected chi connectivity index (χ3v) is 3.94. The maximum atomic E-state index is 11.1. The van der Waals surface area contributed by atoms with Gasteiger partial charge in [-0.1, -0.05) is 6.58 Å². The standard InChI is InChI=1S/C14H27NO5S/c1-13(2)14(16)20-11-7-5-6-9-15(3,4)10-8-12-21(17,18)19/h1,5-12H2,2-4H3. The molecular weight excluding hydrogens is 294 g/mol. The van der Waals surface area contributed by atoms with Crippen molar-refractivity contribution in [2.45, 2.75) is 32.6 Å². The lowest BCUT2D eigenvalue weighted by molar-refractivity contribution is -0.890. The number of unbranched alkanes of at least 4 members (excludes halogenated alkanes) is 2. The molecule has 0 N–H and O–H groups in total. The summed E-state index contributed by atoms with van der Waals surface area (Å²) in [6.45, 7) is 7.07. The van der Waals surface area contributed by atoms with Crippen molar-refractivity contribution in [3.63, 3.8) is 0 Å². The molecule has 0 bridgehead atoms. The first-order valence-corrected chi connectivity index (χ1v) is 8.69. The van der Waals surface area contributed by atoms with Crippen molar-refractivity contribution in [1.29, 1.82) is 0 Å². The Morgan fingerprint density at radius 1 is 1.14 bits per heavy atom. The second-order valence-electron chi connectivity index (χ2n) is 5.98. The molecule has 7 heteroatoms. The third-order valence-electron chi connectivity index (χ3n) is 3.15. The number of nitrogens with zero attached hydrogens (tertiary/aromatic N) is 1. The number of carbonyl (C=O) groups is 1. The van der Waals surface area contributed by atoms with Gasteiger partial charge in [0.1, 0.15) is 0 Å². The molecule has 0 atom stereocenters. The topological polar surface area (TPSA) is 83.5 Å². The molecule has 0 radical (unpaired) electrons. The van der Waals surface area contributed by atoms with E-state index in [0.717, 1.165) is 25.8 Å². The van der Waals surface area contributed by atoms with E-state index in [2.05, 4.69) is 6.58 Å². The first-order chi connectivity index (χ1) is 9.53. The van der Waals surface area contributed by atoms with Gasteiger partial charge in [-0.2, -0.15) is 0 Å². The predicted octanol–water partition coefficient (Wildman–Crippen LogP) is 1.29. The minimum Gasteiger partial charge on any atom is -0.748 e. The summed E-state index contributed by atoms with van der Waals surface area (Å²) in [4.78, 5) is 11.1. The van der Waals surface area contributed by atoms with E-state index in [1.807, 2.05) is 14.1 Å². The van der Waals surface area contributed by atoms with Gasteiger partial charge in [0.25, 0.3) is 0 Å². The Morgan fingerprint density at radius 3 is 2.24 bits per heavy atom. The predicted molar refractivity (Wildman–Crippen MR) is 80.6 cm³/mol. The molecule has 21 heavy (non-hydrogen) atoms. The summed E-state index contributed by atoms with van der Waals surface area (Å²) in [6, 6.07) is 0. The summed E-state index contributed by atoms with van der Waals surface area (Å²) >= 11 is 0. The van der Waals surface area contributed by atoms with Gasteiger partial charge in [-0.25, -0.2) is 13.2 Å². The Kier molecular flexibility index (Phi) is 8.77. The van der Waals surface area contributed by atoms with Crippen LogP contribution >= 0.6 is 0 Å². The summed E-state index contributed by atoms with van der Waals surface area (Å²) in [6.07, 6.45) is 3.08. The van der Waals surface area contributed by atoms with Crippen LogP contribution in [-0.4, -0.2) is 63.0 Å². The molecular formula is C14H27NO5S. The number of carbonyl (C=O) groups excluding carboxylic acids is 1. The summed E-state index contributed by atoms with van der Waals surface area (Å²) < 4.78 is 37.3. The van der Waals surface area contributed by atoms with Gasteiger partial charge in [0.05, 0.1) is 43.9 Å². The maximum absolute atomic E-state index is 11.1. The van der Waals surface area contributed by atoms with Crippen molar-refractivity contribution in [1.82, 2.24) is 0 Å². The molecule has 0 spiro atoms. The molecule has 0 heterocycles. The van der Waals surface area contributed by atoms with E-state index in [9.17, 15) is 17.8 Å². The molecule has 0 aromatic heterocycles. The minimum atomic E-state index is -4.11. The summed E-state index contributed by atoms with van der Waals surface area (Å²) in [5.41, 5.74) is 0.404. The van der Waals surface area contributed by atoms with Crippen LogP contribution in [0.4, 0.5) is 0 Å². The number of hydrogen-bond acceptors (Lipinski definition) is 5. The fourth-order valence-corrected chi connectivity index (χ4v) is 2.37. The van der Waals surface area contributed by atoms with Crippen molar-refractivity contribution >= 4 is 16.1 Å². The second kappa shape index (κ2) is 9.17. The van der Waals surface area contributed by atoms with E-state index >= 15 is 0 Å². The molecule has 6 nitrogen and oxygen atoms in total. The van der Waals surface area contributed by atoms with Crippen molar-refractivity contribution in [3.05, 3.63) is 12.2 Å². The SMILES string of the molecule is C=C(C)C(=O)OCCCCC[N+](C)(C)CCCS(=O)(=O)[O-]. The lowest BCUT2D eigenvalue weighted by atomic mass is 10.2. The fraction of sp³-hybridized carbons (Fsp3) is 0.786. The molecule has 0 aliphatic rings. The highest BCUT2D eigenvalue weighted by Crippen LogP contribution is 2.06. The molecule has 0 unspecified atom stereocenters. The van der Waals surface area contributed by atoms with E-state index < -0.39 is 10.1 Å². The second-order valence-corrected chi connectivity index (χ2v) is 7.50. The molecule has 0 saturated carbocycles. The van der Waals surface area contributed by atoms with Crippen LogP contribution in [0.15, 0.2) is 12.2 Å². The molecule has 0 aromatic carbocycles. The highest BCUT2D eigenvalue weighted by atomic mass is 32.2. The van der Waals surface area contributed by atoms with Crippen molar-refractivity contribution in [3.8, 4) is 0 Å². The van der Waals surface area contributed by atoms with E-state index in [0.29, 0.717) is 29.6 Å². The average Bonchev–Trinajstić information content (AvgIpc) is 2.30. The number of ether oxygens (including phenoxy) is 1. The fourth-order valence-electron chi connectivity index (χ4n) is 1.89. The average molecular weight is 321 g/mol. The van der Waals surface area contributed by atoms with Crippen LogP contribution in [0.25, 0.3) is 0 Å². The van der Waals surface area contributed by atoms with Crippen LogP contribution in [0.2, 0.25) is 0 Å². The summed E-state index contributed by atoms with van der Waals surface area (Å²) in [5.74, 6) is -0.657. The van der Waals surface area contributed by atoms with E-state index in [1.165, 1.54) is 0 Å². The van der Waals surface area contributed by atoms with Gasteiger partial charge in [-0.05, 0) is 26.2 Å². The Labute approximate surface area is 128 Å². The van der Waals surface area contributed by atoms with Gasteiger partial charge in [0, 0.05) is 17.7 Å². The Hall–Kier alpha value is -0.920. The number of quaternary nitrogens is 1. The van der Waals surface area contributed by atoms with Gasteiger partial charge in [0.15, 0.2) is 0 Å². The molecule has 124 valence electrons. The maximum Gasteiger partial charge on any atom is 0.333 e. The monoisotopic (exact) mass is 321 g/mol. The Bertz CT molecular complexity index is 442. The van der Waals surface area contributed by atoms with Gasteiger partial charge >= 0.3 is 5.97 Å². The number of hydrogen-bond donors (Lipinski definition) is 0. The van der Waals surface area contributed by atoms with Crippen LogP contribution < -0.4 is 0 Å². The quantitative estimate of drug-likeness (QED) is 0.188. The van der Waals surface area contributed by atoms with Crippen LogP contribution in [-0.2, 0) is 19.6 Å². The highest BCUT2D eigenvalue weighted by Gasteiger charge is 2.14. The van der Waals surface area contributed by atoms with Gasteiger partial charge < -0.3 is 13.8 Å². The van der Waals surface area contributed by atoms with Crippen molar-refractivity contribution < 1.29 is 27.0 Å². The summed E-state index contributed by atoms with van der Waals surface area (Å²) in [5, 5.41) is 0. The molecule has 0 saturated heterocycles. The Morgan fingerprint density at radius 2 is 1.71 bits per heavy atom. The van der Waals surface area contributed by atoms with E-state index in [4.69, 9.17) is 4.74 Å². The molecule has 0 aromatic rings. The Balaban J connectivity index is 3.70. The van der Waals surface area contributed by atoms with Crippen molar-refractivity contribution in [2.75, 3.05) is 39.5 Å². The number of rotatable bonds is 11. The zero-order valence-corrected chi connectivity index (χ0v) is 14.1.